The molecule has 1 atom stereocenters. The topological polar surface area (TPSA) is 49.4 Å². The zero-order chi connectivity index (χ0) is 15.6. The van der Waals surface area contributed by atoms with Crippen molar-refractivity contribution in [3.63, 3.8) is 0 Å². The van der Waals surface area contributed by atoms with Gasteiger partial charge < -0.3 is 10.2 Å². The van der Waals surface area contributed by atoms with Gasteiger partial charge in [-0.3, -0.25) is 9.59 Å². The van der Waals surface area contributed by atoms with Crippen LogP contribution < -0.4 is 5.32 Å². The van der Waals surface area contributed by atoms with Gasteiger partial charge in [0.15, 0.2) is 11.6 Å². The number of likely N-dealkylation sites (tertiary alicyclic amines) is 1. The van der Waals surface area contributed by atoms with Gasteiger partial charge in [-0.1, -0.05) is 13.8 Å². The molecule has 1 fully saturated rings. The quantitative estimate of drug-likeness (QED) is 0.932. The molecule has 4 nitrogen and oxygen atoms in total. The highest BCUT2D eigenvalue weighted by atomic mass is 19.2. The number of rotatable bonds is 3. The van der Waals surface area contributed by atoms with Crippen LogP contribution in [-0.4, -0.2) is 29.3 Å². The Morgan fingerprint density at radius 1 is 1.29 bits per heavy atom. The van der Waals surface area contributed by atoms with Crippen LogP contribution in [0.4, 0.5) is 14.5 Å². The van der Waals surface area contributed by atoms with E-state index in [1.54, 1.807) is 18.7 Å². The average molecular weight is 296 g/mol. The van der Waals surface area contributed by atoms with Crippen molar-refractivity contribution in [3.05, 3.63) is 29.8 Å². The molecule has 1 aliphatic rings. The number of nitrogens with zero attached hydrogens (tertiary/aromatic N) is 1. The first-order chi connectivity index (χ1) is 9.90. The summed E-state index contributed by atoms with van der Waals surface area (Å²) >= 11 is 0. The van der Waals surface area contributed by atoms with Crippen molar-refractivity contribution in [1.29, 1.82) is 0 Å². The van der Waals surface area contributed by atoms with Crippen molar-refractivity contribution in [3.8, 4) is 0 Å². The number of hydrogen-bond donors (Lipinski definition) is 1. The lowest BCUT2D eigenvalue weighted by Gasteiger charge is -2.25. The Balaban J connectivity index is 2.08. The fourth-order valence-electron chi connectivity index (χ4n) is 2.43. The van der Waals surface area contributed by atoms with Gasteiger partial charge in [-0.15, -0.1) is 0 Å². The Morgan fingerprint density at radius 3 is 2.62 bits per heavy atom. The highest BCUT2D eigenvalue weighted by molar-refractivity contribution is 5.97. The third-order valence-corrected chi connectivity index (χ3v) is 3.52. The van der Waals surface area contributed by atoms with E-state index in [0.717, 1.165) is 18.6 Å². The predicted molar refractivity (Wildman–Crippen MR) is 74.6 cm³/mol. The summed E-state index contributed by atoms with van der Waals surface area (Å²) in [5, 5.41) is 2.54. The van der Waals surface area contributed by atoms with Gasteiger partial charge in [-0.05, 0) is 25.0 Å². The lowest BCUT2D eigenvalue weighted by atomic mass is 10.1. The minimum atomic E-state index is -1.02. The highest BCUT2D eigenvalue weighted by Crippen LogP contribution is 2.22. The van der Waals surface area contributed by atoms with Crippen LogP contribution in [0.25, 0.3) is 0 Å². The Morgan fingerprint density at radius 2 is 2.00 bits per heavy atom. The number of hydrogen-bond acceptors (Lipinski definition) is 2. The zero-order valence-electron chi connectivity index (χ0n) is 12.0. The number of halogens is 2. The largest absolute Gasteiger partial charge is 0.330 e. The number of amides is 2. The first kappa shape index (κ1) is 15.4. The molecule has 1 aromatic carbocycles. The first-order valence-electron chi connectivity index (χ1n) is 6.96. The fourth-order valence-corrected chi connectivity index (χ4v) is 2.43. The molecule has 1 N–H and O–H groups in total. The minimum absolute atomic E-state index is 0.0714. The summed E-state index contributed by atoms with van der Waals surface area (Å²) in [4.78, 5) is 25.8. The lowest BCUT2D eigenvalue weighted by Crippen LogP contribution is -2.44. The van der Waals surface area contributed by atoms with Gasteiger partial charge in [0.05, 0.1) is 0 Å². The van der Waals surface area contributed by atoms with Crippen LogP contribution in [0.2, 0.25) is 0 Å². The van der Waals surface area contributed by atoms with Gasteiger partial charge in [-0.25, -0.2) is 8.78 Å². The van der Waals surface area contributed by atoms with Gasteiger partial charge in [0.25, 0.3) is 0 Å². The molecule has 0 saturated carbocycles. The molecule has 0 bridgehead atoms. The molecule has 1 unspecified atom stereocenters. The zero-order valence-corrected chi connectivity index (χ0v) is 12.0. The predicted octanol–water partition coefficient (Wildman–Crippen LogP) is 2.55. The van der Waals surface area contributed by atoms with E-state index in [2.05, 4.69) is 5.32 Å². The molecule has 0 aromatic heterocycles. The molecular weight excluding hydrogens is 278 g/mol. The van der Waals surface area contributed by atoms with E-state index >= 15 is 0 Å². The van der Waals surface area contributed by atoms with E-state index in [1.165, 1.54) is 6.07 Å². The molecule has 114 valence electrons. The van der Waals surface area contributed by atoms with Crippen molar-refractivity contribution < 1.29 is 18.4 Å². The average Bonchev–Trinajstić information content (AvgIpc) is 2.91. The van der Waals surface area contributed by atoms with Crippen LogP contribution in [-0.2, 0) is 9.59 Å². The van der Waals surface area contributed by atoms with Crippen molar-refractivity contribution in [2.45, 2.75) is 32.7 Å². The normalized spacial score (nSPS) is 18.1. The van der Waals surface area contributed by atoms with Gasteiger partial charge >= 0.3 is 0 Å². The summed E-state index contributed by atoms with van der Waals surface area (Å²) in [5.41, 5.74) is 0.183. The maximum atomic E-state index is 13.1. The second-order valence-corrected chi connectivity index (χ2v) is 5.46. The number of carbonyl (C=O) groups is 2. The first-order valence-corrected chi connectivity index (χ1v) is 6.96. The molecular formula is C15H18F2N2O2. The third kappa shape index (κ3) is 3.37. The SMILES string of the molecule is CC(C)C(=O)N1CCCC1C(=O)Nc1ccc(F)c(F)c1. The van der Waals surface area contributed by atoms with Gasteiger partial charge in [-0.2, -0.15) is 0 Å². The molecule has 2 amide bonds. The third-order valence-electron chi connectivity index (χ3n) is 3.52. The van der Waals surface area contributed by atoms with Crippen LogP contribution in [0.3, 0.4) is 0 Å². The Kier molecular flexibility index (Phi) is 4.55. The molecule has 0 spiro atoms. The molecule has 0 aliphatic carbocycles. The van der Waals surface area contributed by atoms with Crippen molar-refractivity contribution in [2.24, 2.45) is 5.92 Å². The van der Waals surface area contributed by atoms with E-state index in [0.29, 0.717) is 13.0 Å². The van der Waals surface area contributed by atoms with E-state index in [1.807, 2.05) is 0 Å². The summed E-state index contributed by atoms with van der Waals surface area (Å²) in [6.07, 6.45) is 1.34. The van der Waals surface area contributed by atoms with Crippen LogP contribution in [0, 0.1) is 17.6 Å². The number of anilines is 1. The monoisotopic (exact) mass is 296 g/mol. The molecule has 1 heterocycles. The Labute approximate surface area is 122 Å². The van der Waals surface area contributed by atoms with Gasteiger partial charge in [0, 0.05) is 24.2 Å². The number of nitrogens with one attached hydrogen (secondary N) is 1. The summed E-state index contributed by atoms with van der Waals surface area (Å²) in [5.74, 6) is -2.60. The molecule has 1 aliphatic heterocycles. The second kappa shape index (κ2) is 6.20. The maximum absolute atomic E-state index is 13.1. The lowest BCUT2D eigenvalue weighted by molar-refractivity contribution is -0.139. The van der Waals surface area contributed by atoms with Gasteiger partial charge in [0.2, 0.25) is 11.8 Å². The van der Waals surface area contributed by atoms with Crippen LogP contribution in [0.15, 0.2) is 18.2 Å². The summed E-state index contributed by atoms with van der Waals surface area (Å²) in [7, 11) is 0. The molecule has 21 heavy (non-hydrogen) atoms. The highest BCUT2D eigenvalue weighted by Gasteiger charge is 2.34. The van der Waals surface area contributed by atoms with Crippen molar-refractivity contribution in [1.82, 2.24) is 4.90 Å². The smallest absolute Gasteiger partial charge is 0.247 e. The summed E-state index contributed by atoms with van der Waals surface area (Å²) < 4.78 is 26.0. The minimum Gasteiger partial charge on any atom is -0.330 e. The van der Waals surface area contributed by atoms with E-state index < -0.39 is 17.7 Å². The van der Waals surface area contributed by atoms with Crippen LogP contribution in [0.5, 0.6) is 0 Å². The molecule has 2 rings (SSSR count). The van der Waals surface area contributed by atoms with Crippen LogP contribution in [0.1, 0.15) is 26.7 Å². The molecule has 0 radical (unpaired) electrons. The molecule has 1 saturated heterocycles. The summed E-state index contributed by atoms with van der Waals surface area (Å²) in [6, 6.07) is 2.63. The van der Waals surface area contributed by atoms with Crippen LogP contribution >= 0.6 is 0 Å². The second-order valence-electron chi connectivity index (χ2n) is 5.46. The van der Waals surface area contributed by atoms with Crippen molar-refractivity contribution in [2.75, 3.05) is 11.9 Å². The standard InChI is InChI=1S/C15H18F2N2O2/c1-9(2)15(21)19-7-3-4-13(19)14(20)18-10-5-6-11(16)12(17)8-10/h5-6,8-9,13H,3-4,7H2,1-2H3,(H,18,20). The van der Waals surface area contributed by atoms with E-state index in [4.69, 9.17) is 0 Å². The number of benzene rings is 1. The van der Waals surface area contributed by atoms with E-state index in [-0.39, 0.29) is 23.4 Å². The molecule has 6 heteroatoms. The molecule has 1 aromatic rings. The number of carbonyl (C=O) groups excluding carboxylic acids is 2. The van der Waals surface area contributed by atoms with Gasteiger partial charge in [0.1, 0.15) is 6.04 Å². The Hall–Kier alpha value is -1.98. The summed E-state index contributed by atoms with van der Waals surface area (Å²) in [6.45, 7) is 4.11. The Bertz CT molecular complexity index is 561. The van der Waals surface area contributed by atoms with E-state index in [9.17, 15) is 18.4 Å². The van der Waals surface area contributed by atoms with Crippen molar-refractivity contribution >= 4 is 17.5 Å². The maximum Gasteiger partial charge on any atom is 0.247 e. The fraction of sp³-hybridized carbons (Fsp3) is 0.467.